The van der Waals surface area contributed by atoms with E-state index in [0.29, 0.717) is 0 Å². The van der Waals surface area contributed by atoms with E-state index in [2.05, 4.69) is 6.19 Å². The van der Waals surface area contributed by atoms with E-state index in [1.807, 2.05) is 0 Å². The maximum absolute atomic E-state index is 8.49. The fourth-order valence-electron chi connectivity index (χ4n) is 1.30. The molecule has 1 aliphatic rings. The van der Waals surface area contributed by atoms with Gasteiger partial charge in [-0.1, -0.05) is 0 Å². The van der Waals surface area contributed by atoms with Crippen molar-refractivity contribution in [1.29, 1.82) is 5.26 Å². The SMILES string of the molecule is CN(C#N)CC1CCCCO1. The van der Waals surface area contributed by atoms with Crippen molar-refractivity contribution in [2.75, 3.05) is 20.2 Å². The minimum absolute atomic E-state index is 0.286. The molecule has 0 amide bonds. The zero-order valence-electron chi connectivity index (χ0n) is 6.92. The monoisotopic (exact) mass is 154 g/mol. The maximum atomic E-state index is 8.49. The Hall–Kier alpha value is -0.750. The smallest absolute Gasteiger partial charge is 0.179 e. The van der Waals surface area contributed by atoms with Crippen LogP contribution in [0.5, 0.6) is 0 Å². The van der Waals surface area contributed by atoms with Gasteiger partial charge in [-0.3, -0.25) is 0 Å². The van der Waals surface area contributed by atoms with E-state index in [-0.39, 0.29) is 6.10 Å². The van der Waals surface area contributed by atoms with Crippen LogP contribution in [0, 0.1) is 11.5 Å². The van der Waals surface area contributed by atoms with Gasteiger partial charge in [0.05, 0.1) is 12.6 Å². The van der Waals surface area contributed by atoms with Gasteiger partial charge in [0.15, 0.2) is 6.19 Å². The van der Waals surface area contributed by atoms with Crippen molar-refractivity contribution < 1.29 is 4.74 Å². The van der Waals surface area contributed by atoms with E-state index in [4.69, 9.17) is 10.00 Å². The Morgan fingerprint density at radius 1 is 1.64 bits per heavy atom. The average molecular weight is 154 g/mol. The van der Waals surface area contributed by atoms with E-state index in [1.165, 1.54) is 12.8 Å². The maximum Gasteiger partial charge on any atom is 0.179 e. The lowest BCUT2D eigenvalue weighted by molar-refractivity contribution is 0.00572. The lowest BCUT2D eigenvalue weighted by Crippen LogP contribution is -2.30. The first-order chi connectivity index (χ1) is 5.33. The quantitative estimate of drug-likeness (QED) is 0.439. The molecule has 3 nitrogen and oxygen atoms in total. The molecule has 1 rings (SSSR count). The summed E-state index contributed by atoms with van der Waals surface area (Å²) in [4.78, 5) is 1.62. The molecule has 1 fully saturated rings. The summed E-state index contributed by atoms with van der Waals surface area (Å²) in [6.45, 7) is 1.61. The second-order valence-electron chi connectivity index (χ2n) is 2.97. The first kappa shape index (κ1) is 8.35. The Bertz CT molecular complexity index is 147. The molecule has 1 saturated heterocycles. The number of ether oxygens (including phenoxy) is 1. The summed E-state index contributed by atoms with van der Waals surface area (Å²) in [7, 11) is 1.79. The number of rotatable bonds is 2. The zero-order chi connectivity index (χ0) is 8.10. The lowest BCUT2D eigenvalue weighted by Gasteiger charge is -2.24. The Balaban J connectivity index is 2.20. The number of nitrogens with zero attached hydrogens (tertiary/aromatic N) is 2. The van der Waals surface area contributed by atoms with Gasteiger partial charge in [-0.05, 0) is 19.3 Å². The third kappa shape index (κ3) is 2.77. The second-order valence-corrected chi connectivity index (χ2v) is 2.97. The Morgan fingerprint density at radius 2 is 2.45 bits per heavy atom. The average Bonchev–Trinajstić information content (AvgIpc) is 2.06. The predicted molar refractivity (Wildman–Crippen MR) is 41.8 cm³/mol. The molecule has 11 heavy (non-hydrogen) atoms. The minimum atomic E-state index is 0.286. The molecule has 1 aliphatic heterocycles. The van der Waals surface area contributed by atoms with Gasteiger partial charge < -0.3 is 9.64 Å². The predicted octanol–water partition coefficient (Wildman–Crippen LogP) is 0.968. The molecule has 1 unspecified atom stereocenters. The van der Waals surface area contributed by atoms with Crippen LogP contribution >= 0.6 is 0 Å². The van der Waals surface area contributed by atoms with Crippen LogP contribution in [0.4, 0.5) is 0 Å². The highest BCUT2D eigenvalue weighted by Gasteiger charge is 2.14. The van der Waals surface area contributed by atoms with Crippen molar-refractivity contribution in [2.45, 2.75) is 25.4 Å². The molecule has 0 saturated carbocycles. The fourth-order valence-corrected chi connectivity index (χ4v) is 1.30. The Morgan fingerprint density at radius 3 is 3.00 bits per heavy atom. The van der Waals surface area contributed by atoms with Crippen LogP contribution in [0.25, 0.3) is 0 Å². The van der Waals surface area contributed by atoms with Gasteiger partial charge in [0.1, 0.15) is 0 Å². The Kier molecular flexibility index (Phi) is 3.18. The van der Waals surface area contributed by atoms with Crippen LogP contribution in [0.15, 0.2) is 0 Å². The van der Waals surface area contributed by atoms with Crippen molar-refractivity contribution in [1.82, 2.24) is 4.90 Å². The standard InChI is InChI=1S/C8H14N2O/c1-10(7-9)6-8-4-2-3-5-11-8/h8H,2-6H2,1H3. The molecule has 0 aromatic carbocycles. The van der Waals surface area contributed by atoms with Crippen molar-refractivity contribution in [3.05, 3.63) is 0 Å². The second kappa shape index (κ2) is 4.20. The molecule has 0 bridgehead atoms. The molecule has 0 N–H and O–H groups in total. The van der Waals surface area contributed by atoms with Crippen molar-refractivity contribution in [3.8, 4) is 6.19 Å². The molecule has 1 heterocycles. The summed E-state index contributed by atoms with van der Waals surface area (Å²) < 4.78 is 5.46. The third-order valence-corrected chi connectivity index (χ3v) is 1.92. The van der Waals surface area contributed by atoms with Gasteiger partial charge in [-0.15, -0.1) is 0 Å². The van der Waals surface area contributed by atoms with Gasteiger partial charge in [0.2, 0.25) is 0 Å². The minimum Gasteiger partial charge on any atom is -0.376 e. The summed E-state index contributed by atoms with van der Waals surface area (Å²) in [6.07, 6.45) is 5.87. The van der Waals surface area contributed by atoms with E-state index >= 15 is 0 Å². The van der Waals surface area contributed by atoms with Crippen molar-refractivity contribution in [3.63, 3.8) is 0 Å². The highest BCUT2D eigenvalue weighted by atomic mass is 16.5. The first-order valence-corrected chi connectivity index (χ1v) is 4.05. The molecule has 1 atom stereocenters. The highest BCUT2D eigenvalue weighted by molar-refractivity contribution is 4.74. The zero-order valence-corrected chi connectivity index (χ0v) is 6.92. The van der Waals surface area contributed by atoms with Crippen LogP contribution in [-0.4, -0.2) is 31.2 Å². The number of hydrogen-bond donors (Lipinski definition) is 0. The molecule has 0 aromatic heterocycles. The van der Waals surface area contributed by atoms with Crippen LogP contribution in [-0.2, 0) is 4.74 Å². The van der Waals surface area contributed by atoms with E-state index in [1.54, 1.807) is 11.9 Å². The van der Waals surface area contributed by atoms with E-state index < -0.39 is 0 Å². The molecule has 0 aromatic rings. The lowest BCUT2D eigenvalue weighted by atomic mass is 10.1. The molecule has 0 spiro atoms. The number of likely N-dealkylation sites (N-methyl/N-ethyl adjacent to an activating group) is 1. The molecule has 3 heteroatoms. The summed E-state index contributed by atoms with van der Waals surface area (Å²) >= 11 is 0. The fraction of sp³-hybridized carbons (Fsp3) is 0.875. The van der Waals surface area contributed by atoms with Gasteiger partial charge in [-0.25, -0.2) is 0 Å². The third-order valence-electron chi connectivity index (χ3n) is 1.92. The van der Waals surface area contributed by atoms with Crippen LogP contribution in [0.3, 0.4) is 0 Å². The molecule has 62 valence electrons. The summed E-state index contributed by atoms with van der Waals surface area (Å²) in [6, 6.07) is 0. The van der Waals surface area contributed by atoms with Gasteiger partial charge in [-0.2, -0.15) is 5.26 Å². The van der Waals surface area contributed by atoms with Gasteiger partial charge in [0.25, 0.3) is 0 Å². The largest absolute Gasteiger partial charge is 0.376 e. The molecule has 0 aliphatic carbocycles. The van der Waals surface area contributed by atoms with Crippen molar-refractivity contribution in [2.24, 2.45) is 0 Å². The summed E-state index contributed by atoms with van der Waals surface area (Å²) in [5.74, 6) is 0. The summed E-state index contributed by atoms with van der Waals surface area (Å²) in [5, 5.41) is 8.49. The number of hydrogen-bond acceptors (Lipinski definition) is 3. The number of nitriles is 1. The van der Waals surface area contributed by atoms with E-state index in [0.717, 1.165) is 19.6 Å². The first-order valence-electron chi connectivity index (χ1n) is 4.05. The topological polar surface area (TPSA) is 36.3 Å². The normalized spacial score (nSPS) is 24.2. The highest BCUT2D eigenvalue weighted by Crippen LogP contribution is 2.12. The Labute approximate surface area is 67.6 Å². The summed E-state index contributed by atoms with van der Waals surface area (Å²) in [5.41, 5.74) is 0. The van der Waals surface area contributed by atoms with Crippen LogP contribution < -0.4 is 0 Å². The molecular weight excluding hydrogens is 140 g/mol. The molecular formula is C8H14N2O. The van der Waals surface area contributed by atoms with Crippen LogP contribution in [0.2, 0.25) is 0 Å². The van der Waals surface area contributed by atoms with E-state index in [9.17, 15) is 0 Å². The van der Waals surface area contributed by atoms with Crippen LogP contribution in [0.1, 0.15) is 19.3 Å². The van der Waals surface area contributed by atoms with Gasteiger partial charge in [0, 0.05) is 13.7 Å². The van der Waals surface area contributed by atoms with Crippen molar-refractivity contribution >= 4 is 0 Å². The van der Waals surface area contributed by atoms with Gasteiger partial charge >= 0.3 is 0 Å². The molecule has 0 radical (unpaired) electrons.